The maximum absolute atomic E-state index is 13.8. The minimum atomic E-state index is -4.82. The normalized spacial score (nSPS) is 13.1. The third-order valence-corrected chi connectivity index (χ3v) is 3.29. The minimum absolute atomic E-state index is 0.212. The zero-order valence-electron chi connectivity index (χ0n) is 10.7. The summed E-state index contributed by atoms with van der Waals surface area (Å²) in [6.45, 7) is 1.83. The average Bonchev–Trinajstić information content (AvgIpc) is 2.36. The van der Waals surface area contributed by atoms with Gasteiger partial charge in [-0.1, -0.05) is 28.9 Å². The van der Waals surface area contributed by atoms with Crippen LogP contribution in [0.1, 0.15) is 35.7 Å². The molecule has 1 aromatic rings. The fourth-order valence-corrected chi connectivity index (χ4v) is 2.25. The van der Waals surface area contributed by atoms with Crippen LogP contribution < -0.4 is 5.32 Å². The number of hydrogen-bond acceptors (Lipinski definition) is 1. The summed E-state index contributed by atoms with van der Waals surface area (Å²) in [6.07, 6.45) is -3.60. The van der Waals surface area contributed by atoms with Gasteiger partial charge in [-0.15, -0.1) is 0 Å². The SMILES string of the molecule is CCC(CCBr)NC(=O)c1cccc(C(F)(F)F)c1F. The highest BCUT2D eigenvalue weighted by Gasteiger charge is 2.35. The molecule has 0 aromatic heterocycles. The van der Waals surface area contributed by atoms with Crippen LogP contribution in [0.4, 0.5) is 17.6 Å². The molecule has 0 saturated carbocycles. The number of alkyl halides is 4. The fraction of sp³-hybridized carbons (Fsp3) is 0.462. The summed E-state index contributed by atoms with van der Waals surface area (Å²) in [4.78, 5) is 11.9. The average molecular weight is 356 g/mol. The van der Waals surface area contributed by atoms with E-state index < -0.39 is 29.0 Å². The zero-order chi connectivity index (χ0) is 15.3. The number of carbonyl (C=O) groups is 1. The summed E-state index contributed by atoms with van der Waals surface area (Å²) in [5.41, 5.74) is -2.02. The smallest absolute Gasteiger partial charge is 0.349 e. The Morgan fingerprint density at radius 2 is 2.05 bits per heavy atom. The van der Waals surface area contributed by atoms with Crippen LogP contribution in [-0.4, -0.2) is 17.3 Å². The Morgan fingerprint density at radius 3 is 2.55 bits per heavy atom. The molecule has 0 aliphatic carbocycles. The lowest BCUT2D eigenvalue weighted by Gasteiger charge is -2.17. The van der Waals surface area contributed by atoms with Crippen LogP contribution in [0.3, 0.4) is 0 Å². The van der Waals surface area contributed by atoms with E-state index in [1.165, 1.54) is 0 Å². The summed E-state index contributed by atoms with van der Waals surface area (Å²) in [5, 5.41) is 3.16. The van der Waals surface area contributed by atoms with Crippen LogP contribution in [0.5, 0.6) is 0 Å². The largest absolute Gasteiger partial charge is 0.419 e. The molecule has 1 unspecified atom stereocenters. The molecule has 112 valence electrons. The Kier molecular flexibility index (Phi) is 5.98. The Balaban J connectivity index is 3.00. The second-order valence-electron chi connectivity index (χ2n) is 4.22. The van der Waals surface area contributed by atoms with Crippen LogP contribution in [0, 0.1) is 5.82 Å². The molecule has 1 aromatic carbocycles. The molecule has 1 atom stereocenters. The lowest BCUT2D eigenvalue weighted by Crippen LogP contribution is -2.35. The summed E-state index contributed by atoms with van der Waals surface area (Å²) in [5.74, 6) is -2.37. The third-order valence-electron chi connectivity index (χ3n) is 2.83. The Morgan fingerprint density at radius 1 is 1.40 bits per heavy atom. The van der Waals surface area contributed by atoms with Crippen molar-refractivity contribution < 1.29 is 22.4 Å². The van der Waals surface area contributed by atoms with Gasteiger partial charge in [0.2, 0.25) is 0 Å². The molecule has 2 nitrogen and oxygen atoms in total. The lowest BCUT2D eigenvalue weighted by molar-refractivity contribution is -0.140. The molecule has 0 bridgehead atoms. The molecule has 0 spiro atoms. The second kappa shape index (κ2) is 7.06. The quantitative estimate of drug-likeness (QED) is 0.624. The van der Waals surface area contributed by atoms with Crippen molar-refractivity contribution >= 4 is 21.8 Å². The molecule has 1 rings (SSSR count). The van der Waals surface area contributed by atoms with Gasteiger partial charge < -0.3 is 5.32 Å². The van der Waals surface area contributed by atoms with Crippen molar-refractivity contribution in [2.75, 3.05) is 5.33 Å². The number of nitrogens with one attached hydrogen (secondary N) is 1. The molecular weight excluding hydrogens is 342 g/mol. The van der Waals surface area contributed by atoms with E-state index in [-0.39, 0.29) is 6.04 Å². The van der Waals surface area contributed by atoms with Crippen molar-refractivity contribution in [3.05, 3.63) is 35.1 Å². The molecular formula is C13H14BrF4NO. The first kappa shape index (κ1) is 16.9. The molecule has 1 N–H and O–H groups in total. The first-order valence-corrected chi connectivity index (χ1v) is 7.16. The van der Waals surface area contributed by atoms with Gasteiger partial charge in [0, 0.05) is 11.4 Å². The zero-order valence-corrected chi connectivity index (χ0v) is 12.3. The maximum atomic E-state index is 13.8. The van der Waals surface area contributed by atoms with E-state index in [1.807, 2.05) is 6.92 Å². The number of hydrogen-bond donors (Lipinski definition) is 1. The van der Waals surface area contributed by atoms with Crippen LogP contribution in [0.15, 0.2) is 18.2 Å². The number of benzene rings is 1. The Hall–Kier alpha value is -1.11. The fourth-order valence-electron chi connectivity index (χ4n) is 1.70. The molecule has 0 aliphatic heterocycles. The molecule has 0 fully saturated rings. The van der Waals surface area contributed by atoms with Crippen molar-refractivity contribution in [1.29, 1.82) is 0 Å². The van der Waals surface area contributed by atoms with Crippen LogP contribution in [0.25, 0.3) is 0 Å². The van der Waals surface area contributed by atoms with Gasteiger partial charge in [0.25, 0.3) is 5.91 Å². The van der Waals surface area contributed by atoms with Gasteiger partial charge >= 0.3 is 6.18 Å². The van der Waals surface area contributed by atoms with Gasteiger partial charge in [-0.05, 0) is 25.0 Å². The van der Waals surface area contributed by atoms with E-state index in [4.69, 9.17) is 0 Å². The molecule has 7 heteroatoms. The first-order valence-electron chi connectivity index (χ1n) is 6.03. The van der Waals surface area contributed by atoms with Crippen LogP contribution in [-0.2, 0) is 6.18 Å². The predicted molar refractivity (Wildman–Crippen MR) is 71.4 cm³/mol. The number of carbonyl (C=O) groups excluding carboxylic acids is 1. The minimum Gasteiger partial charge on any atom is -0.349 e. The highest BCUT2D eigenvalue weighted by molar-refractivity contribution is 9.09. The molecule has 0 saturated heterocycles. The summed E-state index contributed by atoms with van der Waals surface area (Å²) >= 11 is 3.22. The van der Waals surface area contributed by atoms with Crippen LogP contribution in [0.2, 0.25) is 0 Å². The molecule has 0 radical (unpaired) electrons. The second-order valence-corrected chi connectivity index (χ2v) is 5.01. The Labute approximate surface area is 122 Å². The van der Waals surface area contributed by atoms with Gasteiger partial charge in [0.1, 0.15) is 5.82 Å². The van der Waals surface area contributed by atoms with Gasteiger partial charge in [-0.3, -0.25) is 4.79 Å². The number of amides is 1. The summed E-state index contributed by atoms with van der Waals surface area (Å²) < 4.78 is 51.5. The Bertz CT molecular complexity index is 476. The van der Waals surface area contributed by atoms with Crippen molar-refractivity contribution in [3.8, 4) is 0 Å². The van der Waals surface area contributed by atoms with E-state index in [2.05, 4.69) is 21.2 Å². The third kappa shape index (κ3) is 4.19. The monoisotopic (exact) mass is 355 g/mol. The number of halogens is 5. The van der Waals surface area contributed by atoms with E-state index in [9.17, 15) is 22.4 Å². The van der Waals surface area contributed by atoms with Gasteiger partial charge in [0.15, 0.2) is 0 Å². The summed E-state index contributed by atoms with van der Waals surface area (Å²) in [7, 11) is 0. The van der Waals surface area contributed by atoms with Crippen molar-refractivity contribution in [2.24, 2.45) is 0 Å². The van der Waals surface area contributed by atoms with E-state index >= 15 is 0 Å². The van der Waals surface area contributed by atoms with Gasteiger partial charge in [-0.2, -0.15) is 13.2 Å². The highest BCUT2D eigenvalue weighted by atomic mass is 79.9. The van der Waals surface area contributed by atoms with E-state index in [1.54, 1.807) is 0 Å². The van der Waals surface area contributed by atoms with Gasteiger partial charge in [-0.25, -0.2) is 4.39 Å². The molecule has 20 heavy (non-hydrogen) atoms. The highest BCUT2D eigenvalue weighted by Crippen LogP contribution is 2.32. The van der Waals surface area contributed by atoms with E-state index in [0.717, 1.165) is 12.1 Å². The number of rotatable bonds is 5. The molecule has 0 aliphatic rings. The van der Waals surface area contributed by atoms with Crippen molar-refractivity contribution in [3.63, 3.8) is 0 Å². The molecule has 0 heterocycles. The van der Waals surface area contributed by atoms with E-state index in [0.29, 0.717) is 24.2 Å². The lowest BCUT2D eigenvalue weighted by atomic mass is 10.1. The van der Waals surface area contributed by atoms with Gasteiger partial charge in [0.05, 0.1) is 11.1 Å². The summed E-state index contributed by atoms with van der Waals surface area (Å²) in [6, 6.07) is 2.46. The molecule has 1 amide bonds. The topological polar surface area (TPSA) is 29.1 Å². The predicted octanol–water partition coefficient (Wildman–Crippen LogP) is 4.14. The van der Waals surface area contributed by atoms with Crippen molar-refractivity contribution in [1.82, 2.24) is 5.32 Å². The van der Waals surface area contributed by atoms with Crippen molar-refractivity contribution in [2.45, 2.75) is 32.0 Å². The maximum Gasteiger partial charge on any atom is 0.419 e. The first-order chi connectivity index (χ1) is 9.31. The standard InChI is InChI=1S/C13H14BrF4NO/c1-2-8(6-7-14)19-12(20)9-4-3-5-10(11(9)15)13(16,17)18/h3-5,8H,2,6-7H2,1H3,(H,19,20). The van der Waals surface area contributed by atoms with Crippen LogP contribution >= 0.6 is 15.9 Å².